The summed E-state index contributed by atoms with van der Waals surface area (Å²) in [5.74, 6) is 0. The summed E-state index contributed by atoms with van der Waals surface area (Å²) in [5, 5.41) is 0. The molecule has 1 radical (unpaired) electrons. The van der Waals surface area contributed by atoms with Crippen LogP contribution in [0.25, 0.3) is 11.5 Å². The fourth-order valence-electron chi connectivity index (χ4n) is 0. The molecule has 0 bridgehead atoms. The molecule has 0 aromatic rings. The van der Waals surface area contributed by atoms with Crippen LogP contribution in [0.1, 0.15) is 21.8 Å². The summed E-state index contributed by atoms with van der Waals surface area (Å²) in [4.78, 5) is 0. The summed E-state index contributed by atoms with van der Waals surface area (Å²) in [7, 11) is 1.25. The third kappa shape index (κ3) is 243. The zero-order valence-electron chi connectivity index (χ0n) is 4.28. The molecule has 0 atom stereocenters. The van der Waals surface area contributed by atoms with Crippen LogP contribution in [0.5, 0.6) is 0 Å². The molecule has 2 N–H and O–H groups in total. The Labute approximate surface area is 79.3 Å². The largest absolute Gasteiger partial charge is 0.680 e. The van der Waals surface area contributed by atoms with Crippen molar-refractivity contribution in [2.45, 2.75) is 21.8 Å². The summed E-state index contributed by atoms with van der Waals surface area (Å²) in [6, 6.07) is 0. The van der Waals surface area contributed by atoms with Gasteiger partial charge in [-0.25, -0.2) is 0 Å². The second-order valence-electron chi connectivity index (χ2n) is 0.354. The first-order valence-electron chi connectivity index (χ1n) is 1.56. The van der Waals surface area contributed by atoms with Gasteiger partial charge in [0.25, 0.3) is 0 Å². The van der Waals surface area contributed by atoms with Crippen LogP contribution in [0.4, 0.5) is 0 Å². The predicted octanol–water partition coefficient (Wildman–Crippen LogP) is 3.00. The van der Waals surface area contributed by atoms with E-state index in [-0.39, 0.29) is 47.6 Å². The molecule has 8 heavy (non-hydrogen) atoms. The molecule has 3 heteroatoms. The first-order valence-corrected chi connectivity index (χ1v) is 1.56. The van der Waals surface area contributed by atoms with Crippen molar-refractivity contribution >= 4 is 0 Å². The van der Waals surface area contributed by atoms with Crippen molar-refractivity contribution in [1.82, 2.24) is 0 Å². The van der Waals surface area contributed by atoms with E-state index < -0.39 is 0 Å². The summed E-state index contributed by atoms with van der Waals surface area (Å²) < 4.78 is 0. The van der Waals surface area contributed by atoms with Crippen LogP contribution in [0.15, 0.2) is 0 Å². The predicted molar refractivity (Wildman–Crippen MR) is 38.6 cm³/mol. The van der Waals surface area contributed by atoms with Crippen LogP contribution in [0, 0.1) is 0 Å². The van der Waals surface area contributed by atoms with Crippen molar-refractivity contribution in [3.05, 3.63) is 11.5 Å². The van der Waals surface area contributed by atoms with Gasteiger partial charge in [-0.2, -0.15) is 13.6 Å². The molecule has 0 amide bonds. The van der Waals surface area contributed by atoms with Gasteiger partial charge in [-0.1, -0.05) is 21.8 Å². The van der Waals surface area contributed by atoms with Gasteiger partial charge in [-0.05, 0) is 0 Å². The Bertz CT molecular complexity index is 10.4. The zero-order valence-corrected chi connectivity index (χ0v) is 7.12. The molecule has 0 aliphatic heterocycles. The SMILES string of the molecule is C.C.CC[NH-].C[NH-].[Y]. The van der Waals surface area contributed by atoms with Crippen molar-refractivity contribution < 1.29 is 32.7 Å². The van der Waals surface area contributed by atoms with Crippen molar-refractivity contribution in [3.63, 3.8) is 0 Å². The molecule has 0 spiro atoms. The molecule has 0 aliphatic carbocycles. The first kappa shape index (κ1) is 35.9. The average molecular weight is 195 g/mol. The van der Waals surface area contributed by atoms with Gasteiger partial charge in [0.15, 0.2) is 0 Å². The van der Waals surface area contributed by atoms with E-state index in [1.165, 1.54) is 7.05 Å². The van der Waals surface area contributed by atoms with Crippen LogP contribution in [0.2, 0.25) is 0 Å². The van der Waals surface area contributed by atoms with Gasteiger partial charge in [-0.15, -0.1) is 0 Å². The topological polar surface area (TPSA) is 47.6 Å². The Morgan fingerprint density at radius 2 is 1.12 bits per heavy atom. The maximum atomic E-state index is 6.21. The van der Waals surface area contributed by atoms with Crippen LogP contribution in [0.3, 0.4) is 0 Å². The van der Waals surface area contributed by atoms with E-state index in [4.69, 9.17) is 11.5 Å². The van der Waals surface area contributed by atoms with Crippen LogP contribution in [-0.2, 0) is 32.7 Å². The summed E-state index contributed by atoms with van der Waals surface area (Å²) in [6.07, 6.45) is 0. The molecular formula is C5H18N2Y-2. The van der Waals surface area contributed by atoms with Gasteiger partial charge < -0.3 is 11.5 Å². The molecule has 0 unspecified atom stereocenters. The fourth-order valence-corrected chi connectivity index (χ4v) is 0. The van der Waals surface area contributed by atoms with E-state index in [2.05, 4.69) is 0 Å². The summed E-state index contributed by atoms with van der Waals surface area (Å²) >= 11 is 0. The van der Waals surface area contributed by atoms with Gasteiger partial charge in [0.2, 0.25) is 0 Å². The van der Waals surface area contributed by atoms with Gasteiger partial charge in [0, 0.05) is 32.7 Å². The minimum absolute atomic E-state index is 0. The second kappa shape index (κ2) is 96.6. The molecule has 0 fully saturated rings. The Morgan fingerprint density at radius 3 is 1.12 bits per heavy atom. The van der Waals surface area contributed by atoms with Crippen LogP contribution >= 0.6 is 0 Å². The molecular weight excluding hydrogens is 177 g/mol. The fraction of sp³-hybridized carbons (Fsp3) is 1.00. The Kier molecular flexibility index (Phi) is 433. The van der Waals surface area contributed by atoms with E-state index in [0.29, 0.717) is 6.54 Å². The van der Waals surface area contributed by atoms with Crippen LogP contribution in [-0.4, -0.2) is 13.6 Å². The minimum atomic E-state index is 0. The van der Waals surface area contributed by atoms with E-state index >= 15 is 0 Å². The molecule has 2 nitrogen and oxygen atoms in total. The van der Waals surface area contributed by atoms with Gasteiger partial charge in [0.05, 0.1) is 0 Å². The maximum Gasteiger partial charge on any atom is 0 e. The molecule has 0 aromatic heterocycles. The summed E-state index contributed by atoms with van der Waals surface area (Å²) in [5.41, 5.74) is 12.0. The van der Waals surface area contributed by atoms with Crippen molar-refractivity contribution in [2.24, 2.45) is 0 Å². The first-order chi connectivity index (χ1) is 2.41. The Balaban J connectivity index is -0.00000000567. The van der Waals surface area contributed by atoms with Crippen molar-refractivity contribution in [2.75, 3.05) is 13.6 Å². The van der Waals surface area contributed by atoms with E-state index in [0.717, 1.165) is 0 Å². The van der Waals surface area contributed by atoms with Crippen LogP contribution < -0.4 is 0 Å². The zero-order chi connectivity index (χ0) is 4.71. The number of hydrogen-bond donors (Lipinski definition) is 0. The van der Waals surface area contributed by atoms with Gasteiger partial charge in [0.1, 0.15) is 0 Å². The summed E-state index contributed by atoms with van der Waals surface area (Å²) in [6.45, 7) is 2.29. The van der Waals surface area contributed by atoms with Crippen molar-refractivity contribution in [1.29, 1.82) is 0 Å². The maximum absolute atomic E-state index is 6.21. The number of rotatable bonds is 0. The quantitative estimate of drug-likeness (QED) is 0.570. The third-order valence-corrected chi connectivity index (χ3v) is 0. The smallest absolute Gasteiger partial charge is 0 e. The third-order valence-electron chi connectivity index (χ3n) is 0. The number of nitrogens with one attached hydrogen (secondary N) is 2. The number of hydrogen-bond acceptors (Lipinski definition) is 0. The van der Waals surface area contributed by atoms with E-state index in [9.17, 15) is 0 Å². The standard InChI is InChI=1S/C2H6N.CH4N.2CH4.Y/c1-2-3;1-2;;;/h3H,2H2,1H3;2H,1H3;2*1H4;/q2*-1;;;. The molecule has 0 heterocycles. The normalized spacial score (nSPS) is 3.00. The molecule has 0 saturated carbocycles. The Hall–Kier alpha value is 1.02. The molecule has 0 saturated heterocycles. The van der Waals surface area contributed by atoms with E-state index in [1.54, 1.807) is 6.92 Å². The molecule has 0 aliphatic rings. The average Bonchev–Trinajstić information content (AvgIpc) is 1.46. The van der Waals surface area contributed by atoms with E-state index in [1.807, 2.05) is 0 Å². The Morgan fingerprint density at radius 1 is 1.12 bits per heavy atom. The molecule has 53 valence electrons. The minimum Gasteiger partial charge on any atom is -0.680 e. The van der Waals surface area contributed by atoms with Crippen molar-refractivity contribution in [3.8, 4) is 0 Å². The van der Waals surface area contributed by atoms with Gasteiger partial charge >= 0.3 is 0 Å². The molecule has 0 aromatic carbocycles. The monoisotopic (exact) mass is 195 g/mol. The molecule has 0 rings (SSSR count). The van der Waals surface area contributed by atoms with Gasteiger partial charge in [-0.3, -0.25) is 0 Å². The second-order valence-corrected chi connectivity index (χ2v) is 0.354.